The van der Waals surface area contributed by atoms with Crippen LogP contribution in [-0.4, -0.2) is 22.9 Å². The van der Waals surface area contributed by atoms with E-state index in [1.165, 1.54) is 6.07 Å². The molecule has 1 atom stereocenters. The van der Waals surface area contributed by atoms with Crippen molar-refractivity contribution in [3.05, 3.63) is 113 Å². The van der Waals surface area contributed by atoms with Crippen LogP contribution in [0.25, 0.3) is 10.8 Å². The number of carboxylic acid groups (broad SMARTS) is 1. The molecule has 7 nitrogen and oxygen atoms in total. The Hall–Kier alpha value is -4.96. The molecular weight excluding hydrogens is 490 g/mol. The third-order valence-corrected chi connectivity index (χ3v) is 6.66. The lowest BCUT2D eigenvalue weighted by Gasteiger charge is -2.18. The van der Waals surface area contributed by atoms with E-state index in [2.05, 4.69) is 10.6 Å². The van der Waals surface area contributed by atoms with Crippen LogP contribution in [0.2, 0.25) is 0 Å². The minimum atomic E-state index is -0.870. The summed E-state index contributed by atoms with van der Waals surface area (Å²) in [5.41, 5.74) is 3.90. The van der Waals surface area contributed by atoms with Crippen LogP contribution >= 0.6 is 0 Å². The Morgan fingerprint density at radius 1 is 0.949 bits per heavy atom. The van der Waals surface area contributed by atoms with Gasteiger partial charge in [-0.2, -0.15) is 5.26 Å². The minimum Gasteiger partial charge on any atom is -0.481 e. The molecule has 0 aliphatic rings. The average molecular weight is 520 g/mol. The number of nitrogens with zero attached hydrogens (tertiary/aromatic N) is 1. The number of carbonyl (C=O) groups excluding carboxylic acids is 2. The molecular formula is C32H29N3O4. The van der Waals surface area contributed by atoms with Crippen molar-refractivity contribution >= 4 is 34.2 Å². The fourth-order valence-corrected chi connectivity index (χ4v) is 4.52. The zero-order valence-electron chi connectivity index (χ0n) is 21.6. The number of nitriles is 1. The number of carboxylic acids is 1. The molecule has 3 N–H and O–H groups in total. The van der Waals surface area contributed by atoms with Gasteiger partial charge in [-0.15, -0.1) is 0 Å². The van der Waals surface area contributed by atoms with Crippen LogP contribution in [0.4, 0.5) is 5.69 Å². The molecule has 4 aromatic rings. The quantitative estimate of drug-likeness (QED) is 0.245. The monoisotopic (exact) mass is 519 g/mol. The average Bonchev–Trinajstić information content (AvgIpc) is 2.96. The first-order chi connectivity index (χ1) is 18.9. The second-order valence-corrected chi connectivity index (χ2v) is 9.39. The van der Waals surface area contributed by atoms with Gasteiger partial charge in [0.2, 0.25) is 5.91 Å². The summed E-state index contributed by atoms with van der Waals surface area (Å²) in [5.74, 6) is -1.79. The van der Waals surface area contributed by atoms with E-state index in [4.69, 9.17) is 10.4 Å². The van der Waals surface area contributed by atoms with Crippen molar-refractivity contribution in [2.45, 2.75) is 38.6 Å². The third kappa shape index (κ3) is 6.88. The van der Waals surface area contributed by atoms with Gasteiger partial charge in [-0.05, 0) is 71.5 Å². The molecule has 4 aromatic carbocycles. The highest BCUT2D eigenvalue weighted by Crippen LogP contribution is 2.28. The molecule has 0 fully saturated rings. The number of benzene rings is 4. The summed E-state index contributed by atoms with van der Waals surface area (Å²) in [6, 6.07) is 27.8. The van der Waals surface area contributed by atoms with Crippen LogP contribution in [0.5, 0.6) is 0 Å². The molecule has 0 saturated carbocycles. The first kappa shape index (κ1) is 27.1. The molecule has 0 heterocycles. The maximum Gasteiger partial charge on any atom is 0.303 e. The van der Waals surface area contributed by atoms with E-state index in [0.717, 1.165) is 27.5 Å². The lowest BCUT2D eigenvalue weighted by Crippen LogP contribution is -2.23. The highest BCUT2D eigenvalue weighted by molar-refractivity contribution is 6.00. The summed E-state index contributed by atoms with van der Waals surface area (Å²) < 4.78 is 0. The fourth-order valence-electron chi connectivity index (χ4n) is 4.52. The Kier molecular flexibility index (Phi) is 8.70. The van der Waals surface area contributed by atoms with Crippen LogP contribution in [0.15, 0.2) is 84.9 Å². The lowest BCUT2D eigenvalue weighted by atomic mass is 9.94. The first-order valence-electron chi connectivity index (χ1n) is 12.8. The maximum absolute atomic E-state index is 13.4. The second kappa shape index (κ2) is 12.5. The number of aliphatic carboxylic acids is 1. The highest BCUT2D eigenvalue weighted by atomic mass is 16.4. The molecule has 0 aliphatic carbocycles. The fraction of sp³-hybridized carbons (Fsp3) is 0.188. The molecule has 39 heavy (non-hydrogen) atoms. The molecule has 4 rings (SSSR count). The van der Waals surface area contributed by atoms with Crippen molar-refractivity contribution < 1.29 is 19.5 Å². The van der Waals surface area contributed by atoms with Gasteiger partial charge >= 0.3 is 5.97 Å². The summed E-state index contributed by atoms with van der Waals surface area (Å²) in [6.07, 6.45) is 0.944. The number of hydrogen-bond donors (Lipinski definition) is 3. The van der Waals surface area contributed by atoms with E-state index in [1.54, 1.807) is 18.2 Å². The van der Waals surface area contributed by atoms with E-state index < -0.39 is 11.9 Å². The van der Waals surface area contributed by atoms with Crippen molar-refractivity contribution in [3.63, 3.8) is 0 Å². The van der Waals surface area contributed by atoms with E-state index in [0.29, 0.717) is 29.7 Å². The number of aryl methyl sites for hydroxylation is 1. The second-order valence-electron chi connectivity index (χ2n) is 9.39. The molecule has 0 saturated heterocycles. The number of hydrogen-bond acceptors (Lipinski definition) is 4. The van der Waals surface area contributed by atoms with Gasteiger partial charge in [-0.1, -0.05) is 60.7 Å². The van der Waals surface area contributed by atoms with Gasteiger partial charge in [0.1, 0.15) is 0 Å². The summed E-state index contributed by atoms with van der Waals surface area (Å²) >= 11 is 0. The Bertz CT molecular complexity index is 1570. The van der Waals surface area contributed by atoms with Gasteiger partial charge in [0.15, 0.2) is 0 Å². The molecule has 0 radical (unpaired) electrons. The van der Waals surface area contributed by atoms with Gasteiger partial charge in [0, 0.05) is 24.2 Å². The van der Waals surface area contributed by atoms with Crippen LogP contribution in [0.3, 0.4) is 0 Å². The highest BCUT2D eigenvalue weighted by Gasteiger charge is 2.19. The SMILES string of the molecule is CC(C(=O)Nc1cc(CNC(=O)c2cccc(C#N)c2)ccc1CCCC(=O)O)c1cccc2ccccc12. The zero-order valence-corrected chi connectivity index (χ0v) is 21.6. The Labute approximate surface area is 227 Å². The van der Waals surface area contributed by atoms with Gasteiger partial charge < -0.3 is 15.7 Å². The van der Waals surface area contributed by atoms with Crippen LogP contribution < -0.4 is 10.6 Å². The number of rotatable bonds is 10. The standard InChI is InChI=1S/C32H29N3O4/c1-21(27-13-5-9-24-8-2-3-12-28(24)27)31(38)35-29-18-23(15-16-25(29)10-6-14-30(36)37)20-34-32(39)26-11-4-7-22(17-26)19-33/h2-5,7-9,11-13,15-18,21H,6,10,14,20H2,1H3,(H,34,39)(H,35,38)(H,36,37). The third-order valence-electron chi connectivity index (χ3n) is 6.66. The summed E-state index contributed by atoms with van der Waals surface area (Å²) in [6.45, 7) is 2.08. The number of carbonyl (C=O) groups is 3. The molecule has 0 aromatic heterocycles. The van der Waals surface area contributed by atoms with Crippen molar-refractivity contribution in [2.75, 3.05) is 5.32 Å². The first-order valence-corrected chi connectivity index (χ1v) is 12.8. The molecule has 0 aliphatic heterocycles. The minimum absolute atomic E-state index is 0.0271. The predicted octanol–water partition coefficient (Wildman–Crippen LogP) is 5.79. The molecule has 0 spiro atoms. The van der Waals surface area contributed by atoms with Crippen molar-refractivity contribution in [3.8, 4) is 6.07 Å². The van der Waals surface area contributed by atoms with Crippen LogP contribution in [-0.2, 0) is 22.6 Å². The van der Waals surface area contributed by atoms with Crippen LogP contribution in [0.1, 0.15) is 58.3 Å². The van der Waals surface area contributed by atoms with Gasteiger partial charge in [0.05, 0.1) is 17.6 Å². The molecule has 1 unspecified atom stereocenters. The summed E-state index contributed by atoms with van der Waals surface area (Å²) in [5, 5.41) is 26.1. The largest absolute Gasteiger partial charge is 0.481 e. The van der Waals surface area contributed by atoms with Crippen molar-refractivity contribution in [1.29, 1.82) is 5.26 Å². The van der Waals surface area contributed by atoms with Crippen LogP contribution in [0, 0.1) is 11.3 Å². The molecule has 196 valence electrons. The van der Waals surface area contributed by atoms with Gasteiger partial charge in [-0.3, -0.25) is 14.4 Å². The number of anilines is 1. The smallest absolute Gasteiger partial charge is 0.303 e. The zero-order chi connectivity index (χ0) is 27.8. The molecule has 2 amide bonds. The van der Waals surface area contributed by atoms with Gasteiger partial charge in [0.25, 0.3) is 5.91 Å². The van der Waals surface area contributed by atoms with E-state index in [-0.39, 0.29) is 24.8 Å². The number of fused-ring (bicyclic) bond motifs is 1. The van der Waals surface area contributed by atoms with Crippen molar-refractivity contribution in [1.82, 2.24) is 5.32 Å². The lowest BCUT2D eigenvalue weighted by molar-refractivity contribution is -0.137. The number of amides is 2. The number of nitrogens with one attached hydrogen (secondary N) is 2. The topological polar surface area (TPSA) is 119 Å². The molecule has 7 heteroatoms. The Morgan fingerprint density at radius 2 is 1.72 bits per heavy atom. The predicted molar refractivity (Wildman–Crippen MR) is 150 cm³/mol. The van der Waals surface area contributed by atoms with Crippen molar-refractivity contribution in [2.24, 2.45) is 0 Å². The normalized spacial score (nSPS) is 11.4. The van der Waals surface area contributed by atoms with Gasteiger partial charge in [-0.25, -0.2) is 0 Å². The molecule has 0 bridgehead atoms. The Balaban J connectivity index is 1.54. The maximum atomic E-state index is 13.4. The summed E-state index contributed by atoms with van der Waals surface area (Å²) in [7, 11) is 0. The van der Waals surface area contributed by atoms with E-state index >= 15 is 0 Å². The summed E-state index contributed by atoms with van der Waals surface area (Å²) in [4.78, 5) is 37.1. The Morgan fingerprint density at radius 3 is 2.51 bits per heavy atom. The van der Waals surface area contributed by atoms with E-state index in [9.17, 15) is 14.4 Å². The van der Waals surface area contributed by atoms with E-state index in [1.807, 2.05) is 73.7 Å².